The van der Waals surface area contributed by atoms with Gasteiger partial charge in [-0.2, -0.15) is 0 Å². The van der Waals surface area contributed by atoms with Crippen LogP contribution in [-0.4, -0.2) is 282 Å². The third-order valence-electron chi connectivity index (χ3n) is 23.5. The summed E-state index contributed by atoms with van der Waals surface area (Å²) in [6.07, 6.45) is 2.38. The molecule has 9 heterocycles. The SMILES string of the molecule is C[Si](C)(CCC[N+](CCCCS(=O)(=O)O)(CCCCS(=O)(=O)O)CCCCS(=O)(=O)O)O[Si-2]123(O[Si](C)(C)CCC[N+](CCCCS(=O)(=O)O)(CCCCS(=O)(=O)O)CCOCCOCCOCCC(=O)ON4C(=O)CCC4=O)n4c5c6ccccc6c4N=C4c6ccccc6C(=[N+]41)N=c1c4ccccc4c(n12)=NC1=[N+]3C(=N5)c2ccccc21. The molecule has 5 N–H and O–H groups in total. The van der Waals surface area contributed by atoms with E-state index in [-0.39, 0.29) is 119 Å². The maximum atomic E-state index is 12.4. The molecule has 35 nitrogen and oxygen atoms in total. The standard InChI is InChI=1S/C75H103N11O24S5Si3/c1-116(2,55-23-41-85(36-13-18-50-111(90,91)92,37-14-19-51-112(93,94)95)38-15-20-52-113(96,97)98)109-118(110-117(3,4)56-24-42-86(39-16-21-53-114(99,100)101,40-17-22-54-115(102,103)104)43-45-106-47-49-107-48-46-105-44-35-67(89)108-80-65(87)33-34-66(80)88)81-68-57-25-5-6-26-58(57)69(81)77-71-61-29-9-10-30-62(61)73(83(71)118)79-75-64-32-12-11-31-63(64)74(84(75)118)78-72-60-28-8-7-27-59(60)70(76-68)82(72)118/h5-12,25-32H,13-24,33-56H2,1-4H3,(H3-2,90,91,92,93,94,95,96,97,98,99,100,101,102,103,104)/p+2. The molecule has 6 aromatic rings. The van der Waals surface area contributed by atoms with Crippen LogP contribution in [0.3, 0.4) is 0 Å². The van der Waals surface area contributed by atoms with Gasteiger partial charge >= 0.3 is 612 Å². The summed E-state index contributed by atoms with van der Waals surface area (Å²) in [5.74, 6) is -1.70. The Hall–Kier alpha value is -7.23. The maximum absolute atomic E-state index is 12.4. The molecule has 2 aromatic heterocycles. The summed E-state index contributed by atoms with van der Waals surface area (Å²) < 4.78 is 219. The number of imide groups is 1. The van der Waals surface area contributed by atoms with Gasteiger partial charge in [0.2, 0.25) is 0 Å². The molecule has 1 spiro atoms. The Balaban J connectivity index is 0.930. The van der Waals surface area contributed by atoms with Crippen molar-refractivity contribution in [3.05, 3.63) is 130 Å². The van der Waals surface area contributed by atoms with Gasteiger partial charge < -0.3 is 9.57 Å². The summed E-state index contributed by atoms with van der Waals surface area (Å²) in [5, 5.41) is 3.40. The van der Waals surface area contributed by atoms with E-state index in [1.807, 2.05) is 97.1 Å². The number of benzene rings is 4. The van der Waals surface area contributed by atoms with Crippen LogP contribution in [0.4, 0.5) is 11.6 Å². The van der Waals surface area contributed by atoms with E-state index in [2.05, 4.69) is 43.1 Å². The second kappa shape index (κ2) is 33.9. The fourth-order valence-electron chi connectivity index (χ4n) is 18.7. The fraction of sp³-hybridized carbons (Fsp3) is 0.533. The van der Waals surface area contributed by atoms with Crippen molar-refractivity contribution in [3.63, 3.8) is 0 Å². The Bertz CT molecular complexity index is 5550. The van der Waals surface area contributed by atoms with E-state index in [0.717, 1.165) is 43.8 Å². The predicted molar refractivity (Wildman–Crippen MR) is 445 cm³/mol. The van der Waals surface area contributed by atoms with Gasteiger partial charge in [-0.1, -0.05) is 0 Å². The monoisotopic (exact) mass is 1790 g/mol. The molecular formula is C75H105N11O24S5Si3+2. The molecule has 0 unspecified atom stereocenters. The molecule has 2 amide bonds. The molecule has 13 rings (SSSR count). The van der Waals surface area contributed by atoms with Gasteiger partial charge in [-0.05, 0) is 0 Å². The van der Waals surface area contributed by atoms with Crippen LogP contribution in [0.15, 0.2) is 117 Å². The van der Waals surface area contributed by atoms with Crippen molar-refractivity contribution in [2.75, 3.05) is 121 Å². The molecule has 1 saturated heterocycles. The first-order chi connectivity index (χ1) is 55.7. The average Bonchev–Trinajstić information content (AvgIpc) is 1.32. The third kappa shape index (κ3) is 17.9. The van der Waals surface area contributed by atoms with E-state index in [4.69, 9.17) is 39.0 Å². The number of hydrogen-bond donors (Lipinski definition) is 5. The quantitative estimate of drug-likeness (QED) is 0.00886. The predicted octanol–water partition coefficient (Wildman–Crippen LogP) is 6.57. The number of hydroxylamine groups is 2. The molecule has 7 aliphatic heterocycles. The van der Waals surface area contributed by atoms with E-state index in [1.54, 1.807) is 0 Å². The first kappa shape index (κ1) is 88.6. The topological polar surface area (TPSA) is 447 Å². The van der Waals surface area contributed by atoms with Gasteiger partial charge in [-0.15, -0.1) is 5.06 Å². The Kier molecular flexibility index (Phi) is 25.4. The van der Waals surface area contributed by atoms with Gasteiger partial charge in [-0.25, -0.2) is 4.79 Å². The van der Waals surface area contributed by atoms with E-state index in [1.165, 1.54) is 0 Å². The molecule has 0 bridgehead atoms. The van der Waals surface area contributed by atoms with E-state index >= 15 is 0 Å². The molecule has 644 valence electrons. The molecule has 118 heavy (non-hydrogen) atoms. The van der Waals surface area contributed by atoms with Gasteiger partial charge in [0.05, 0.1) is 26.2 Å². The summed E-state index contributed by atoms with van der Waals surface area (Å²) >= 11 is 0. The number of amidine groups is 4. The number of aliphatic imine (C=N–C) groups is 2. The van der Waals surface area contributed by atoms with Crippen LogP contribution in [0.1, 0.15) is 119 Å². The van der Waals surface area contributed by atoms with E-state index in [9.17, 15) is 87.5 Å². The number of ether oxygens (including phenoxy) is 3. The Labute approximate surface area is 687 Å². The minimum atomic E-state index is -7.47. The third-order valence-corrected chi connectivity index (χ3v) is 44.2. The molecule has 0 radical (unpaired) electrons. The van der Waals surface area contributed by atoms with Gasteiger partial charge in [0.25, 0.3) is 11.8 Å². The Morgan fingerprint density at radius 3 is 1.11 bits per heavy atom. The average molecular weight is 1790 g/mol. The number of amides is 2. The number of quaternary nitrogens is 2. The second-order valence-electron chi connectivity index (χ2n) is 33.0. The van der Waals surface area contributed by atoms with Crippen molar-refractivity contribution in [1.29, 1.82) is 0 Å². The number of carbonyl (C=O) groups is 3. The molecule has 4 aromatic carbocycles. The van der Waals surface area contributed by atoms with Gasteiger partial charge in [-0.3, -0.25) is 9.59 Å². The van der Waals surface area contributed by atoms with Crippen molar-refractivity contribution < 1.29 is 124 Å². The summed E-state index contributed by atoms with van der Waals surface area (Å²) in [6, 6.07) is 32.6. The molecule has 1 fully saturated rings. The zero-order valence-corrected chi connectivity index (χ0v) is 73.7. The number of aromatic nitrogens is 2. The van der Waals surface area contributed by atoms with Crippen molar-refractivity contribution in [1.82, 2.24) is 13.5 Å². The summed E-state index contributed by atoms with van der Waals surface area (Å²) in [7, 11) is -36.9. The number of nitrogens with zero attached hydrogens (tertiary/aromatic N) is 11. The normalized spacial score (nSPS) is 17.7. The summed E-state index contributed by atoms with van der Waals surface area (Å²) in [6.45, 7) is 12.0. The van der Waals surface area contributed by atoms with Crippen LogP contribution in [-0.2, 0) is 92.3 Å². The van der Waals surface area contributed by atoms with Crippen molar-refractivity contribution in [2.24, 2.45) is 20.0 Å². The zero-order chi connectivity index (χ0) is 84.6. The van der Waals surface area contributed by atoms with E-state index in [0.29, 0.717) is 141 Å². The number of carbonyl (C=O) groups excluding carboxylic acids is 3. The molecule has 0 atom stereocenters. The number of hydrogen-bond acceptors (Lipinski definition) is 23. The molecular weight excluding hydrogens is 1680 g/mol. The van der Waals surface area contributed by atoms with Gasteiger partial charge in [0.15, 0.2) is 0 Å². The molecule has 0 aliphatic carbocycles. The van der Waals surface area contributed by atoms with Crippen LogP contribution >= 0.6 is 0 Å². The number of unbranched alkanes of at least 4 members (excludes halogenated alkanes) is 5. The second-order valence-corrected chi connectivity index (χ2v) is 55.1. The van der Waals surface area contributed by atoms with Crippen LogP contribution in [0.5, 0.6) is 0 Å². The Morgan fingerprint density at radius 1 is 0.415 bits per heavy atom. The number of rotatable bonds is 50. The molecule has 7 aliphatic rings. The fourth-order valence-corrected chi connectivity index (χ4v) is 43.8. The van der Waals surface area contributed by atoms with Gasteiger partial charge in [0.1, 0.15) is 0 Å². The van der Waals surface area contributed by atoms with Crippen LogP contribution in [0, 0.1) is 0 Å². The number of fused-ring (bicyclic) bond motifs is 12. The summed E-state index contributed by atoms with van der Waals surface area (Å²) in [5.41, 5.74) is 3.89. The van der Waals surface area contributed by atoms with Crippen molar-refractivity contribution in [3.8, 4) is 0 Å². The van der Waals surface area contributed by atoms with Gasteiger partial charge in [0, 0.05) is 12.8 Å². The van der Waals surface area contributed by atoms with Crippen molar-refractivity contribution in [2.45, 2.75) is 135 Å². The van der Waals surface area contributed by atoms with Crippen molar-refractivity contribution >= 4 is 149 Å². The van der Waals surface area contributed by atoms with Crippen LogP contribution in [0.2, 0.25) is 38.3 Å². The minimum absolute atomic E-state index is 0.0388. The zero-order valence-electron chi connectivity index (χ0n) is 66.6. The first-order valence-corrected chi connectivity index (χ1v) is 57.0. The van der Waals surface area contributed by atoms with Crippen LogP contribution < -0.4 is 11.0 Å². The van der Waals surface area contributed by atoms with E-state index < -0.39 is 122 Å². The first-order valence-electron chi connectivity index (χ1n) is 40.1. The molecule has 43 heteroatoms. The Morgan fingerprint density at radius 2 is 0.737 bits per heavy atom. The van der Waals surface area contributed by atoms with Crippen LogP contribution in [0.25, 0.3) is 21.5 Å². The molecule has 0 saturated carbocycles. The summed E-state index contributed by atoms with van der Waals surface area (Å²) in [4.78, 5) is 64.6.